The molecule has 3 heterocycles. The summed E-state index contributed by atoms with van der Waals surface area (Å²) in [7, 11) is -3.63. The number of carbonyl (C=O) groups excluding carboxylic acids is 1. The lowest BCUT2D eigenvalue weighted by atomic mass is 10.0. The van der Waals surface area contributed by atoms with Gasteiger partial charge in [0.1, 0.15) is 16.6 Å². The minimum Gasteiger partial charge on any atom is -0.480 e. The van der Waals surface area contributed by atoms with Crippen LogP contribution in [-0.2, 0) is 14.8 Å². The number of thioether (sulfide) groups is 1. The molecule has 0 aromatic carbocycles. The minimum atomic E-state index is -3.63. The summed E-state index contributed by atoms with van der Waals surface area (Å²) in [6.07, 6.45) is 3.23. The van der Waals surface area contributed by atoms with Crippen LogP contribution in [0.1, 0.15) is 29.8 Å². The number of aliphatic carboxylic acids is 1. The van der Waals surface area contributed by atoms with Crippen LogP contribution < -0.4 is 0 Å². The van der Waals surface area contributed by atoms with E-state index in [0.717, 1.165) is 24.3 Å². The van der Waals surface area contributed by atoms with Gasteiger partial charge in [-0.05, 0) is 25.3 Å². The van der Waals surface area contributed by atoms with E-state index in [1.165, 1.54) is 21.5 Å². The molecule has 0 spiro atoms. The van der Waals surface area contributed by atoms with Crippen molar-refractivity contribution in [3.05, 3.63) is 18.0 Å². The van der Waals surface area contributed by atoms with Gasteiger partial charge in [-0.2, -0.15) is 16.1 Å². The van der Waals surface area contributed by atoms with Gasteiger partial charge in [-0.25, -0.2) is 13.2 Å². The third kappa shape index (κ3) is 3.70. The Bertz CT molecular complexity index is 755. The Kier molecular flexibility index (Phi) is 5.40. The molecule has 0 saturated carbocycles. The number of carbonyl (C=O) groups is 2. The molecule has 138 valence electrons. The molecule has 1 aromatic rings. The fraction of sp³-hybridized carbons (Fsp3) is 0.600. The normalized spacial score (nSPS) is 22.7. The Morgan fingerprint density at radius 1 is 1.20 bits per heavy atom. The van der Waals surface area contributed by atoms with Crippen molar-refractivity contribution in [2.24, 2.45) is 0 Å². The number of nitrogens with zero attached hydrogens (tertiary/aromatic N) is 2. The van der Waals surface area contributed by atoms with Gasteiger partial charge in [-0.15, -0.1) is 0 Å². The van der Waals surface area contributed by atoms with Crippen LogP contribution in [0.5, 0.6) is 0 Å². The highest BCUT2D eigenvalue weighted by Gasteiger charge is 2.34. The largest absolute Gasteiger partial charge is 0.480 e. The second-order valence-electron chi connectivity index (χ2n) is 6.11. The van der Waals surface area contributed by atoms with Crippen molar-refractivity contribution < 1.29 is 23.1 Å². The van der Waals surface area contributed by atoms with Crippen LogP contribution in [-0.4, -0.2) is 76.8 Å². The molecule has 0 radical (unpaired) electrons. The van der Waals surface area contributed by atoms with Crippen LogP contribution in [0.25, 0.3) is 0 Å². The molecule has 2 N–H and O–H groups in total. The van der Waals surface area contributed by atoms with Gasteiger partial charge >= 0.3 is 5.97 Å². The van der Waals surface area contributed by atoms with Gasteiger partial charge in [-0.1, -0.05) is 0 Å². The van der Waals surface area contributed by atoms with Crippen molar-refractivity contribution in [1.82, 2.24) is 14.2 Å². The molecule has 1 amide bonds. The van der Waals surface area contributed by atoms with Crippen LogP contribution in [0.2, 0.25) is 0 Å². The highest BCUT2D eigenvalue weighted by atomic mass is 32.2. The Hall–Kier alpha value is -1.52. The van der Waals surface area contributed by atoms with Crippen molar-refractivity contribution >= 4 is 33.7 Å². The lowest BCUT2D eigenvalue weighted by molar-refractivity contribution is -0.143. The number of carboxylic acids is 1. The summed E-state index contributed by atoms with van der Waals surface area (Å²) >= 11 is 1.71. The van der Waals surface area contributed by atoms with Gasteiger partial charge in [0.05, 0.1) is 0 Å². The van der Waals surface area contributed by atoms with E-state index < -0.39 is 27.9 Å². The Labute approximate surface area is 150 Å². The van der Waals surface area contributed by atoms with Crippen molar-refractivity contribution in [1.29, 1.82) is 0 Å². The van der Waals surface area contributed by atoms with Crippen LogP contribution in [0, 0.1) is 0 Å². The first kappa shape index (κ1) is 18.3. The molecule has 2 aliphatic rings. The molecule has 0 aliphatic carbocycles. The third-order valence-corrected chi connectivity index (χ3v) is 7.36. The quantitative estimate of drug-likeness (QED) is 0.792. The second kappa shape index (κ2) is 7.38. The Morgan fingerprint density at radius 3 is 2.60 bits per heavy atom. The number of rotatable bonds is 4. The molecule has 3 rings (SSSR count). The zero-order chi connectivity index (χ0) is 18.0. The van der Waals surface area contributed by atoms with Crippen molar-refractivity contribution in [2.75, 3.05) is 31.1 Å². The molecule has 0 bridgehead atoms. The highest BCUT2D eigenvalue weighted by molar-refractivity contribution is 7.99. The maximum Gasteiger partial charge on any atom is 0.326 e. The standard InChI is InChI=1S/C15H21N3O5S2/c19-14(18-4-2-1-3-13(18)15(20)21)12-9-11(10-16-12)25(22,23)17-5-7-24-8-6-17/h9-10,13,16H,1-8H2,(H,20,21). The first-order valence-electron chi connectivity index (χ1n) is 8.21. The molecule has 1 aromatic heterocycles. The first-order chi connectivity index (χ1) is 11.9. The van der Waals surface area contributed by atoms with E-state index in [4.69, 9.17) is 0 Å². The molecular formula is C15H21N3O5S2. The number of hydrogen-bond acceptors (Lipinski definition) is 5. The molecule has 1 atom stereocenters. The fourth-order valence-corrected chi connectivity index (χ4v) is 5.74. The number of aromatic nitrogens is 1. The highest BCUT2D eigenvalue weighted by Crippen LogP contribution is 2.23. The summed E-state index contributed by atoms with van der Waals surface area (Å²) in [5, 5.41) is 9.30. The predicted octanol–water partition coefficient (Wildman–Crippen LogP) is 0.832. The Morgan fingerprint density at radius 2 is 1.92 bits per heavy atom. The molecular weight excluding hydrogens is 366 g/mol. The van der Waals surface area contributed by atoms with E-state index >= 15 is 0 Å². The number of carboxylic acid groups (broad SMARTS) is 1. The number of likely N-dealkylation sites (tertiary alicyclic amines) is 1. The predicted molar refractivity (Wildman–Crippen MR) is 93.2 cm³/mol. The van der Waals surface area contributed by atoms with E-state index in [9.17, 15) is 23.1 Å². The average molecular weight is 387 g/mol. The lowest BCUT2D eigenvalue weighted by Gasteiger charge is -2.32. The van der Waals surface area contributed by atoms with Gasteiger partial charge in [0, 0.05) is 37.3 Å². The summed E-state index contributed by atoms with van der Waals surface area (Å²) in [5.41, 5.74) is 0.109. The third-order valence-electron chi connectivity index (χ3n) is 4.54. The molecule has 2 aliphatic heterocycles. The van der Waals surface area contributed by atoms with Gasteiger partial charge in [0.15, 0.2) is 0 Å². The zero-order valence-corrected chi connectivity index (χ0v) is 15.3. The van der Waals surface area contributed by atoms with Crippen molar-refractivity contribution in [3.8, 4) is 0 Å². The van der Waals surface area contributed by atoms with Gasteiger partial charge in [0.2, 0.25) is 10.0 Å². The maximum atomic E-state index is 12.7. The number of piperidine rings is 1. The van der Waals surface area contributed by atoms with Crippen LogP contribution in [0.3, 0.4) is 0 Å². The summed E-state index contributed by atoms with van der Waals surface area (Å²) in [6, 6.07) is 0.455. The zero-order valence-electron chi connectivity index (χ0n) is 13.7. The van der Waals surface area contributed by atoms with E-state index in [1.54, 1.807) is 11.8 Å². The summed E-state index contributed by atoms with van der Waals surface area (Å²) in [6.45, 7) is 1.27. The van der Waals surface area contributed by atoms with Gasteiger partial charge < -0.3 is 15.0 Å². The SMILES string of the molecule is O=C(O)C1CCCCN1C(=O)c1cc(S(=O)(=O)N2CCSCC2)c[nH]1. The topological polar surface area (TPSA) is 111 Å². The van der Waals surface area contributed by atoms with Gasteiger partial charge in [-0.3, -0.25) is 4.79 Å². The number of nitrogens with one attached hydrogen (secondary N) is 1. The Balaban J connectivity index is 1.80. The number of amides is 1. The molecule has 2 fully saturated rings. The number of H-pyrrole nitrogens is 1. The van der Waals surface area contributed by atoms with Crippen LogP contribution in [0.15, 0.2) is 17.2 Å². The average Bonchev–Trinajstić information content (AvgIpc) is 3.13. The maximum absolute atomic E-state index is 12.7. The van der Waals surface area contributed by atoms with E-state index in [0.29, 0.717) is 26.1 Å². The summed E-state index contributed by atoms with van der Waals surface area (Å²) in [5.74, 6) is 0.00791. The summed E-state index contributed by atoms with van der Waals surface area (Å²) < 4.78 is 26.7. The minimum absolute atomic E-state index is 0.0478. The van der Waals surface area contributed by atoms with Crippen LogP contribution in [0.4, 0.5) is 0 Å². The van der Waals surface area contributed by atoms with E-state index in [2.05, 4.69) is 4.98 Å². The lowest BCUT2D eigenvalue weighted by Crippen LogP contribution is -2.48. The number of hydrogen-bond donors (Lipinski definition) is 2. The molecule has 1 unspecified atom stereocenters. The number of aromatic amines is 1. The van der Waals surface area contributed by atoms with Crippen LogP contribution >= 0.6 is 11.8 Å². The monoisotopic (exact) mass is 387 g/mol. The molecule has 25 heavy (non-hydrogen) atoms. The molecule has 8 nitrogen and oxygen atoms in total. The van der Waals surface area contributed by atoms with Gasteiger partial charge in [0.25, 0.3) is 5.91 Å². The smallest absolute Gasteiger partial charge is 0.326 e. The van der Waals surface area contributed by atoms with Crippen molar-refractivity contribution in [2.45, 2.75) is 30.2 Å². The second-order valence-corrected chi connectivity index (χ2v) is 9.28. The molecule has 2 saturated heterocycles. The van der Waals surface area contributed by atoms with E-state index in [-0.39, 0.29) is 10.6 Å². The fourth-order valence-electron chi connectivity index (χ4n) is 3.17. The summed E-state index contributed by atoms with van der Waals surface area (Å²) in [4.78, 5) is 28.1. The van der Waals surface area contributed by atoms with Crippen molar-refractivity contribution in [3.63, 3.8) is 0 Å². The number of sulfonamides is 1. The van der Waals surface area contributed by atoms with E-state index in [1.807, 2.05) is 0 Å². The first-order valence-corrected chi connectivity index (χ1v) is 10.8. The molecule has 10 heteroatoms.